The van der Waals surface area contributed by atoms with Gasteiger partial charge in [0.05, 0.1) is 12.1 Å². The lowest BCUT2D eigenvalue weighted by atomic mass is 10.1. The molecular weight excluding hydrogens is 176 g/mol. The number of likely N-dealkylation sites (N-methyl/N-ethyl adjacent to an activating group) is 1. The molecule has 0 amide bonds. The van der Waals surface area contributed by atoms with Gasteiger partial charge in [-0.1, -0.05) is 23.8 Å². The Hall–Kier alpha value is -0.900. The summed E-state index contributed by atoms with van der Waals surface area (Å²) in [6, 6.07) is 6.17. The number of hydrogen-bond acceptors (Lipinski definition) is 3. The number of nitrogens with zero attached hydrogens (tertiary/aromatic N) is 1. The quantitative estimate of drug-likeness (QED) is 0.510. The number of fused-ring (bicyclic) bond motifs is 1. The van der Waals surface area contributed by atoms with Gasteiger partial charge in [0.25, 0.3) is 0 Å². The van der Waals surface area contributed by atoms with Gasteiger partial charge in [-0.15, -0.1) is 0 Å². The SMILES string of the molecule is Cc1ccc2c(c1)CC(N(C)N)C2O. The van der Waals surface area contributed by atoms with Crippen molar-refractivity contribution in [1.29, 1.82) is 0 Å². The zero-order chi connectivity index (χ0) is 10.3. The average molecular weight is 192 g/mol. The zero-order valence-corrected chi connectivity index (χ0v) is 8.57. The van der Waals surface area contributed by atoms with Crippen molar-refractivity contribution in [3.8, 4) is 0 Å². The van der Waals surface area contributed by atoms with Gasteiger partial charge in [0, 0.05) is 7.05 Å². The van der Waals surface area contributed by atoms with E-state index in [-0.39, 0.29) is 6.04 Å². The molecule has 3 nitrogen and oxygen atoms in total. The number of rotatable bonds is 1. The molecule has 3 N–H and O–H groups in total. The van der Waals surface area contributed by atoms with E-state index < -0.39 is 6.10 Å². The first-order valence-corrected chi connectivity index (χ1v) is 4.84. The lowest BCUT2D eigenvalue weighted by molar-refractivity contribution is 0.0764. The molecule has 2 unspecified atom stereocenters. The fourth-order valence-corrected chi connectivity index (χ4v) is 2.11. The summed E-state index contributed by atoms with van der Waals surface area (Å²) >= 11 is 0. The zero-order valence-electron chi connectivity index (χ0n) is 8.57. The Morgan fingerprint density at radius 1 is 1.50 bits per heavy atom. The van der Waals surface area contributed by atoms with Gasteiger partial charge in [-0.2, -0.15) is 0 Å². The number of aryl methyl sites for hydroxylation is 1. The predicted octanol–water partition coefficient (Wildman–Crippen LogP) is 0.759. The Labute approximate surface area is 84.1 Å². The van der Waals surface area contributed by atoms with E-state index in [1.807, 2.05) is 12.1 Å². The van der Waals surface area contributed by atoms with E-state index in [2.05, 4.69) is 13.0 Å². The monoisotopic (exact) mass is 192 g/mol. The number of benzene rings is 1. The highest BCUT2D eigenvalue weighted by Gasteiger charge is 2.32. The highest BCUT2D eigenvalue weighted by molar-refractivity contribution is 5.38. The molecule has 0 radical (unpaired) electrons. The van der Waals surface area contributed by atoms with Crippen molar-refractivity contribution in [2.75, 3.05) is 7.05 Å². The molecule has 1 aliphatic carbocycles. The van der Waals surface area contributed by atoms with E-state index >= 15 is 0 Å². The summed E-state index contributed by atoms with van der Waals surface area (Å²) in [6.45, 7) is 2.06. The van der Waals surface area contributed by atoms with Gasteiger partial charge in [-0.05, 0) is 24.5 Å². The fraction of sp³-hybridized carbons (Fsp3) is 0.455. The molecule has 2 rings (SSSR count). The van der Waals surface area contributed by atoms with Crippen LogP contribution >= 0.6 is 0 Å². The normalized spacial score (nSPS) is 25.5. The van der Waals surface area contributed by atoms with Crippen LogP contribution in [0.2, 0.25) is 0 Å². The summed E-state index contributed by atoms with van der Waals surface area (Å²) in [4.78, 5) is 0. The van der Waals surface area contributed by atoms with Crippen LogP contribution in [-0.4, -0.2) is 23.2 Å². The third kappa shape index (κ3) is 1.43. The number of nitrogens with two attached hydrogens (primary N) is 1. The molecule has 2 atom stereocenters. The Balaban J connectivity index is 2.35. The number of aliphatic hydroxyl groups excluding tert-OH is 1. The van der Waals surface area contributed by atoms with E-state index in [9.17, 15) is 5.11 Å². The molecule has 1 aromatic carbocycles. The average Bonchev–Trinajstić information content (AvgIpc) is 2.43. The van der Waals surface area contributed by atoms with Crippen molar-refractivity contribution < 1.29 is 5.11 Å². The van der Waals surface area contributed by atoms with Gasteiger partial charge < -0.3 is 5.11 Å². The van der Waals surface area contributed by atoms with Crippen LogP contribution in [0.5, 0.6) is 0 Å². The lowest BCUT2D eigenvalue weighted by Gasteiger charge is -2.21. The van der Waals surface area contributed by atoms with E-state index in [0.717, 1.165) is 12.0 Å². The minimum absolute atomic E-state index is 0.0202. The van der Waals surface area contributed by atoms with Crippen LogP contribution in [0, 0.1) is 6.92 Å². The second-order valence-corrected chi connectivity index (χ2v) is 4.08. The van der Waals surface area contributed by atoms with Crippen LogP contribution in [0.25, 0.3) is 0 Å². The van der Waals surface area contributed by atoms with Gasteiger partial charge in [0.1, 0.15) is 0 Å². The lowest BCUT2D eigenvalue weighted by Crippen LogP contribution is -2.40. The molecule has 0 heterocycles. The summed E-state index contributed by atoms with van der Waals surface area (Å²) in [5.41, 5.74) is 3.48. The second-order valence-electron chi connectivity index (χ2n) is 4.08. The minimum atomic E-state index is -0.444. The number of hydrogen-bond donors (Lipinski definition) is 2. The van der Waals surface area contributed by atoms with Crippen molar-refractivity contribution in [1.82, 2.24) is 5.01 Å². The molecule has 0 saturated heterocycles. The molecule has 0 aliphatic heterocycles. The molecule has 0 bridgehead atoms. The molecule has 1 aliphatic rings. The first-order chi connectivity index (χ1) is 6.59. The number of hydrazine groups is 1. The van der Waals surface area contributed by atoms with E-state index in [1.165, 1.54) is 11.1 Å². The fourth-order valence-electron chi connectivity index (χ4n) is 2.11. The molecule has 0 saturated carbocycles. The molecule has 0 fully saturated rings. The third-order valence-electron chi connectivity index (χ3n) is 2.93. The molecule has 0 aromatic heterocycles. The Kier molecular flexibility index (Phi) is 2.31. The summed E-state index contributed by atoms with van der Waals surface area (Å²) in [7, 11) is 1.80. The van der Waals surface area contributed by atoms with E-state index in [4.69, 9.17) is 5.84 Å². The van der Waals surface area contributed by atoms with Crippen LogP contribution in [0.15, 0.2) is 18.2 Å². The van der Waals surface area contributed by atoms with Crippen LogP contribution in [0.1, 0.15) is 22.8 Å². The molecule has 14 heavy (non-hydrogen) atoms. The standard InChI is InChI=1S/C11H16N2O/c1-7-3-4-9-8(5-7)6-10(11(9)14)13(2)12/h3-5,10-11,14H,6,12H2,1-2H3. The maximum Gasteiger partial charge on any atom is 0.0964 e. The Bertz CT molecular complexity index is 349. The van der Waals surface area contributed by atoms with Crippen molar-refractivity contribution in [2.24, 2.45) is 5.84 Å². The Morgan fingerprint density at radius 3 is 2.86 bits per heavy atom. The minimum Gasteiger partial charge on any atom is -0.387 e. The van der Waals surface area contributed by atoms with Crippen LogP contribution in [0.3, 0.4) is 0 Å². The molecule has 76 valence electrons. The molecule has 1 aromatic rings. The van der Waals surface area contributed by atoms with E-state index in [1.54, 1.807) is 12.1 Å². The van der Waals surface area contributed by atoms with Gasteiger partial charge in [0.2, 0.25) is 0 Å². The smallest absolute Gasteiger partial charge is 0.0964 e. The van der Waals surface area contributed by atoms with Crippen molar-refractivity contribution in [3.05, 3.63) is 34.9 Å². The van der Waals surface area contributed by atoms with Crippen molar-refractivity contribution in [2.45, 2.75) is 25.5 Å². The van der Waals surface area contributed by atoms with Crippen LogP contribution in [0.4, 0.5) is 0 Å². The first-order valence-electron chi connectivity index (χ1n) is 4.84. The predicted molar refractivity (Wildman–Crippen MR) is 55.6 cm³/mol. The molecule has 0 spiro atoms. The van der Waals surface area contributed by atoms with Gasteiger partial charge in [-0.25, -0.2) is 5.01 Å². The summed E-state index contributed by atoms with van der Waals surface area (Å²) in [5.74, 6) is 5.68. The highest BCUT2D eigenvalue weighted by Crippen LogP contribution is 2.33. The summed E-state index contributed by atoms with van der Waals surface area (Å²) in [5, 5.41) is 11.6. The largest absolute Gasteiger partial charge is 0.387 e. The van der Waals surface area contributed by atoms with Gasteiger partial charge in [-0.3, -0.25) is 5.84 Å². The van der Waals surface area contributed by atoms with Crippen molar-refractivity contribution in [3.63, 3.8) is 0 Å². The summed E-state index contributed by atoms with van der Waals surface area (Å²) < 4.78 is 0. The maximum absolute atomic E-state index is 9.98. The van der Waals surface area contributed by atoms with Gasteiger partial charge >= 0.3 is 0 Å². The highest BCUT2D eigenvalue weighted by atomic mass is 16.3. The maximum atomic E-state index is 9.98. The Morgan fingerprint density at radius 2 is 2.21 bits per heavy atom. The molecule has 3 heteroatoms. The third-order valence-corrected chi connectivity index (χ3v) is 2.93. The summed E-state index contributed by atoms with van der Waals surface area (Å²) in [6.07, 6.45) is 0.395. The van der Waals surface area contributed by atoms with Gasteiger partial charge in [0.15, 0.2) is 0 Å². The van der Waals surface area contributed by atoms with Crippen molar-refractivity contribution >= 4 is 0 Å². The topological polar surface area (TPSA) is 49.5 Å². The number of aliphatic hydroxyl groups is 1. The van der Waals surface area contributed by atoms with Crippen LogP contribution < -0.4 is 5.84 Å². The van der Waals surface area contributed by atoms with Crippen LogP contribution in [-0.2, 0) is 6.42 Å². The molecular formula is C11H16N2O. The first kappa shape index (κ1) is 9.65. The van der Waals surface area contributed by atoms with E-state index in [0.29, 0.717) is 0 Å². The second kappa shape index (κ2) is 3.35.